The first-order valence-corrected chi connectivity index (χ1v) is 5.01. The molecule has 0 heterocycles. The maximum atomic E-state index is 5.76. The maximum Gasteiger partial charge on any atom is 0.0406 e. The van der Waals surface area contributed by atoms with E-state index in [1.54, 1.807) is 0 Å². The van der Waals surface area contributed by atoms with Crippen LogP contribution in [-0.2, 0) is 6.54 Å². The van der Waals surface area contributed by atoms with Crippen molar-refractivity contribution in [3.8, 4) is 0 Å². The van der Waals surface area contributed by atoms with E-state index >= 15 is 0 Å². The number of hydrogen-bond donors (Lipinski definition) is 3. The Morgan fingerprint density at radius 1 is 1.29 bits per heavy atom. The van der Waals surface area contributed by atoms with Crippen molar-refractivity contribution >= 4 is 11.6 Å². The van der Waals surface area contributed by atoms with Crippen molar-refractivity contribution in [3.63, 3.8) is 0 Å². The summed E-state index contributed by atoms with van der Waals surface area (Å²) < 4.78 is 0. The van der Waals surface area contributed by atoms with Gasteiger partial charge < -0.3 is 16.8 Å². The number of benzene rings is 1. The highest BCUT2D eigenvalue weighted by atomic mass is 35.5. The summed E-state index contributed by atoms with van der Waals surface area (Å²) in [5.41, 5.74) is 12.2. The minimum absolute atomic E-state index is 0.0299. The van der Waals surface area contributed by atoms with Gasteiger partial charge in [-0.2, -0.15) is 0 Å². The van der Waals surface area contributed by atoms with Crippen LogP contribution >= 0.6 is 11.6 Å². The van der Waals surface area contributed by atoms with E-state index in [2.05, 4.69) is 5.32 Å². The third-order valence-corrected chi connectivity index (χ3v) is 2.20. The average Bonchev–Trinajstić information content (AvgIpc) is 2.21. The predicted molar refractivity (Wildman–Crippen MR) is 60.2 cm³/mol. The number of nitrogens with two attached hydrogens (primary N) is 2. The van der Waals surface area contributed by atoms with Crippen LogP contribution in [0.5, 0.6) is 0 Å². The monoisotopic (exact) mass is 213 g/mol. The van der Waals surface area contributed by atoms with Gasteiger partial charge in [0.15, 0.2) is 0 Å². The molecule has 3 nitrogen and oxygen atoms in total. The largest absolute Gasteiger partial charge is 0.329 e. The summed E-state index contributed by atoms with van der Waals surface area (Å²) in [4.78, 5) is 0. The van der Waals surface area contributed by atoms with Crippen LogP contribution in [0.15, 0.2) is 24.3 Å². The van der Waals surface area contributed by atoms with Crippen molar-refractivity contribution in [2.24, 2.45) is 11.5 Å². The number of halogens is 1. The van der Waals surface area contributed by atoms with Crippen LogP contribution in [0.3, 0.4) is 0 Å². The highest BCUT2D eigenvalue weighted by molar-refractivity contribution is 6.30. The number of hydrogen-bond acceptors (Lipinski definition) is 3. The molecule has 0 saturated heterocycles. The van der Waals surface area contributed by atoms with E-state index in [1.807, 2.05) is 24.3 Å². The summed E-state index contributed by atoms with van der Waals surface area (Å²) in [6.45, 7) is 2.04. The highest BCUT2D eigenvalue weighted by Crippen LogP contribution is 2.08. The summed E-state index contributed by atoms with van der Waals surface area (Å²) in [5.74, 6) is 0. The van der Waals surface area contributed by atoms with E-state index in [0.717, 1.165) is 18.1 Å². The molecule has 0 aliphatic heterocycles. The lowest BCUT2D eigenvalue weighted by molar-refractivity contribution is 0.582. The zero-order valence-corrected chi connectivity index (χ0v) is 8.80. The predicted octanol–water partition coefficient (Wildman–Crippen LogP) is 0.716. The molecule has 1 aromatic rings. The van der Waals surface area contributed by atoms with Crippen molar-refractivity contribution in [2.45, 2.75) is 12.6 Å². The topological polar surface area (TPSA) is 64.1 Å². The molecule has 0 aliphatic carbocycles. The van der Waals surface area contributed by atoms with Gasteiger partial charge in [-0.05, 0) is 17.7 Å². The first-order chi connectivity index (χ1) is 6.72. The van der Waals surface area contributed by atoms with Crippen LogP contribution in [0.25, 0.3) is 0 Å². The van der Waals surface area contributed by atoms with Gasteiger partial charge in [-0.1, -0.05) is 23.7 Å². The van der Waals surface area contributed by atoms with Gasteiger partial charge in [-0.15, -0.1) is 0 Å². The minimum atomic E-state index is 0.0299. The molecule has 1 aromatic carbocycles. The Morgan fingerprint density at radius 2 is 1.93 bits per heavy atom. The Hall–Kier alpha value is -0.610. The molecular weight excluding hydrogens is 198 g/mol. The summed E-state index contributed by atoms with van der Waals surface area (Å²) in [6.07, 6.45) is 0. The second-order valence-electron chi connectivity index (χ2n) is 3.25. The highest BCUT2D eigenvalue weighted by Gasteiger charge is 1.98. The van der Waals surface area contributed by atoms with E-state index in [9.17, 15) is 0 Å². The molecule has 14 heavy (non-hydrogen) atoms. The lowest BCUT2D eigenvalue weighted by Crippen LogP contribution is -2.39. The van der Waals surface area contributed by atoms with Gasteiger partial charge in [0.1, 0.15) is 0 Å². The van der Waals surface area contributed by atoms with Crippen molar-refractivity contribution in [2.75, 3.05) is 13.1 Å². The van der Waals surface area contributed by atoms with Crippen LogP contribution in [0.4, 0.5) is 0 Å². The lowest BCUT2D eigenvalue weighted by Gasteiger charge is -2.09. The quantitative estimate of drug-likeness (QED) is 0.675. The fourth-order valence-corrected chi connectivity index (χ4v) is 1.21. The Balaban J connectivity index is 2.28. The van der Waals surface area contributed by atoms with Crippen LogP contribution in [0.1, 0.15) is 5.56 Å². The SMILES string of the molecule is NCC(N)CNCc1ccc(Cl)cc1. The van der Waals surface area contributed by atoms with E-state index in [4.69, 9.17) is 23.1 Å². The molecule has 0 aromatic heterocycles. The van der Waals surface area contributed by atoms with E-state index in [0.29, 0.717) is 6.54 Å². The Morgan fingerprint density at radius 3 is 2.50 bits per heavy atom. The summed E-state index contributed by atoms with van der Waals surface area (Å²) in [7, 11) is 0. The third-order valence-electron chi connectivity index (χ3n) is 1.95. The third kappa shape index (κ3) is 4.07. The molecule has 1 unspecified atom stereocenters. The minimum Gasteiger partial charge on any atom is -0.329 e. The fraction of sp³-hybridized carbons (Fsp3) is 0.400. The van der Waals surface area contributed by atoms with E-state index in [-0.39, 0.29) is 6.04 Å². The van der Waals surface area contributed by atoms with Crippen molar-refractivity contribution < 1.29 is 0 Å². The molecule has 0 aliphatic rings. The molecule has 0 spiro atoms. The fourth-order valence-electron chi connectivity index (χ4n) is 1.09. The van der Waals surface area contributed by atoms with Crippen molar-refractivity contribution in [1.82, 2.24) is 5.32 Å². The molecule has 0 fully saturated rings. The first kappa shape index (κ1) is 11.5. The van der Waals surface area contributed by atoms with Gasteiger partial charge >= 0.3 is 0 Å². The van der Waals surface area contributed by atoms with E-state index < -0.39 is 0 Å². The second kappa shape index (κ2) is 5.98. The molecule has 0 bridgehead atoms. The maximum absolute atomic E-state index is 5.76. The van der Waals surface area contributed by atoms with Crippen molar-refractivity contribution in [3.05, 3.63) is 34.9 Å². The van der Waals surface area contributed by atoms with Crippen LogP contribution in [0.2, 0.25) is 5.02 Å². The first-order valence-electron chi connectivity index (χ1n) is 4.63. The zero-order chi connectivity index (χ0) is 10.4. The van der Waals surface area contributed by atoms with Gasteiger partial charge in [-0.25, -0.2) is 0 Å². The molecule has 0 saturated carbocycles. The molecule has 0 radical (unpaired) electrons. The smallest absolute Gasteiger partial charge is 0.0406 e. The van der Waals surface area contributed by atoms with Crippen LogP contribution in [0, 0.1) is 0 Å². The zero-order valence-electron chi connectivity index (χ0n) is 8.04. The molecule has 78 valence electrons. The molecular formula is C10H16ClN3. The van der Waals surface area contributed by atoms with Gasteiger partial charge in [0.2, 0.25) is 0 Å². The second-order valence-corrected chi connectivity index (χ2v) is 3.69. The lowest BCUT2D eigenvalue weighted by atomic mass is 10.2. The Bertz CT molecular complexity index is 261. The molecule has 4 heteroatoms. The number of nitrogens with one attached hydrogen (secondary N) is 1. The standard InChI is InChI=1S/C10H16ClN3/c11-9-3-1-8(2-4-9)6-14-7-10(13)5-12/h1-4,10,14H,5-7,12-13H2. The number of rotatable bonds is 5. The molecule has 0 amide bonds. The molecule has 1 rings (SSSR count). The Labute approximate surface area is 89.4 Å². The van der Waals surface area contributed by atoms with Crippen LogP contribution in [-0.4, -0.2) is 19.1 Å². The average molecular weight is 214 g/mol. The van der Waals surface area contributed by atoms with E-state index in [1.165, 1.54) is 5.56 Å². The summed E-state index contributed by atoms with van der Waals surface area (Å²) in [5, 5.41) is 3.98. The Kier molecular flexibility index (Phi) is 4.90. The van der Waals surface area contributed by atoms with Crippen molar-refractivity contribution in [1.29, 1.82) is 0 Å². The van der Waals surface area contributed by atoms with Crippen LogP contribution < -0.4 is 16.8 Å². The normalized spacial score (nSPS) is 12.8. The summed E-state index contributed by atoms with van der Waals surface area (Å²) >= 11 is 5.76. The molecule has 1 atom stereocenters. The molecule has 5 N–H and O–H groups in total. The van der Waals surface area contributed by atoms with Gasteiger partial charge in [0.25, 0.3) is 0 Å². The van der Waals surface area contributed by atoms with Gasteiger partial charge in [0.05, 0.1) is 0 Å². The van der Waals surface area contributed by atoms with Gasteiger partial charge in [-0.3, -0.25) is 0 Å². The van der Waals surface area contributed by atoms with Gasteiger partial charge in [0, 0.05) is 30.7 Å². The summed E-state index contributed by atoms with van der Waals surface area (Å²) in [6, 6.07) is 7.76.